The van der Waals surface area contributed by atoms with Crippen LogP contribution in [-0.4, -0.2) is 17.0 Å². The molecule has 5 nitrogen and oxygen atoms in total. The lowest BCUT2D eigenvalue weighted by atomic mass is 10.0. The van der Waals surface area contributed by atoms with Crippen LogP contribution in [0.2, 0.25) is 0 Å². The van der Waals surface area contributed by atoms with Crippen molar-refractivity contribution in [3.8, 4) is 0 Å². The van der Waals surface area contributed by atoms with Crippen molar-refractivity contribution in [3.63, 3.8) is 0 Å². The molecule has 2 N–H and O–H groups in total. The summed E-state index contributed by atoms with van der Waals surface area (Å²) in [5, 5.41) is 11.6. The van der Waals surface area contributed by atoms with Crippen LogP contribution >= 0.6 is 0 Å². The second kappa shape index (κ2) is 6.06. The van der Waals surface area contributed by atoms with Crippen molar-refractivity contribution in [2.45, 2.75) is 19.9 Å². The number of aliphatic carboxylic acids is 1. The van der Waals surface area contributed by atoms with E-state index in [0.29, 0.717) is 16.9 Å². The predicted molar refractivity (Wildman–Crippen MR) is 72.4 cm³/mol. The number of benzene rings is 1. The molecule has 20 heavy (non-hydrogen) atoms. The summed E-state index contributed by atoms with van der Waals surface area (Å²) in [5.41, 5.74) is 1.98. The minimum atomic E-state index is -0.894. The number of nitrogens with one attached hydrogen (secondary N) is 1. The summed E-state index contributed by atoms with van der Waals surface area (Å²) in [5.74, 6) is -0.572. The molecule has 1 aromatic heterocycles. The number of carbonyl (C=O) groups excluding carboxylic acids is 1. The Kier molecular flexibility index (Phi) is 4.20. The van der Waals surface area contributed by atoms with Gasteiger partial charge in [0.05, 0.1) is 18.2 Å². The van der Waals surface area contributed by atoms with Gasteiger partial charge in [-0.25, -0.2) is 0 Å². The molecule has 0 saturated heterocycles. The van der Waals surface area contributed by atoms with Crippen LogP contribution in [0, 0.1) is 6.92 Å². The third-order valence-electron chi connectivity index (χ3n) is 3.00. The molecule has 0 unspecified atom stereocenters. The Balaban J connectivity index is 2.06. The zero-order valence-corrected chi connectivity index (χ0v) is 11.1. The molecule has 2 rings (SSSR count). The Morgan fingerprint density at radius 2 is 1.90 bits per heavy atom. The SMILES string of the molecule is Cc1occc1C(=O)NCc1ccccc1CC(=O)O. The van der Waals surface area contributed by atoms with E-state index in [2.05, 4.69) is 5.32 Å². The van der Waals surface area contributed by atoms with E-state index in [4.69, 9.17) is 9.52 Å². The molecule has 0 saturated carbocycles. The van der Waals surface area contributed by atoms with Gasteiger partial charge in [0, 0.05) is 6.54 Å². The molecule has 0 aliphatic carbocycles. The van der Waals surface area contributed by atoms with E-state index in [0.717, 1.165) is 5.56 Å². The number of rotatable bonds is 5. The van der Waals surface area contributed by atoms with Gasteiger partial charge in [-0.05, 0) is 24.1 Å². The number of carbonyl (C=O) groups is 2. The highest BCUT2D eigenvalue weighted by Gasteiger charge is 2.12. The molecule has 5 heteroatoms. The summed E-state index contributed by atoms with van der Waals surface area (Å²) in [7, 11) is 0. The fourth-order valence-corrected chi connectivity index (χ4v) is 1.96. The van der Waals surface area contributed by atoms with Crippen LogP contribution in [0.25, 0.3) is 0 Å². The molecule has 0 bridgehead atoms. The van der Waals surface area contributed by atoms with Crippen LogP contribution in [0.5, 0.6) is 0 Å². The van der Waals surface area contributed by atoms with Crippen molar-refractivity contribution < 1.29 is 19.1 Å². The molecule has 104 valence electrons. The van der Waals surface area contributed by atoms with E-state index < -0.39 is 5.97 Å². The summed E-state index contributed by atoms with van der Waals surface area (Å²) >= 11 is 0. The minimum absolute atomic E-state index is 0.0587. The van der Waals surface area contributed by atoms with Gasteiger partial charge in [0.2, 0.25) is 0 Å². The minimum Gasteiger partial charge on any atom is -0.481 e. The number of aryl methyl sites for hydroxylation is 1. The van der Waals surface area contributed by atoms with Gasteiger partial charge in [0.1, 0.15) is 5.76 Å². The molecule has 0 radical (unpaired) electrons. The summed E-state index contributed by atoms with van der Waals surface area (Å²) in [4.78, 5) is 22.7. The molecule has 1 heterocycles. The first kappa shape index (κ1) is 13.9. The fraction of sp³-hybridized carbons (Fsp3) is 0.200. The predicted octanol–water partition coefficient (Wildman–Crippen LogP) is 2.15. The lowest BCUT2D eigenvalue weighted by molar-refractivity contribution is -0.136. The quantitative estimate of drug-likeness (QED) is 0.874. The molecule has 1 amide bonds. The molecule has 2 aromatic rings. The van der Waals surface area contributed by atoms with E-state index in [1.165, 1.54) is 6.26 Å². The summed E-state index contributed by atoms with van der Waals surface area (Å²) in [6.45, 7) is 2.00. The van der Waals surface area contributed by atoms with E-state index in [-0.39, 0.29) is 18.9 Å². The average molecular weight is 273 g/mol. The summed E-state index contributed by atoms with van der Waals surface area (Å²) < 4.78 is 5.08. The maximum Gasteiger partial charge on any atom is 0.307 e. The number of carboxylic acid groups (broad SMARTS) is 1. The highest BCUT2D eigenvalue weighted by molar-refractivity contribution is 5.95. The van der Waals surface area contributed by atoms with E-state index >= 15 is 0 Å². The molecular weight excluding hydrogens is 258 g/mol. The Labute approximate surface area is 116 Å². The molecule has 1 aromatic carbocycles. The van der Waals surface area contributed by atoms with Gasteiger partial charge in [-0.3, -0.25) is 9.59 Å². The first-order valence-electron chi connectivity index (χ1n) is 6.19. The monoisotopic (exact) mass is 273 g/mol. The second-order valence-corrected chi connectivity index (χ2v) is 4.41. The largest absolute Gasteiger partial charge is 0.481 e. The first-order valence-corrected chi connectivity index (χ1v) is 6.19. The maximum atomic E-state index is 11.9. The van der Waals surface area contributed by atoms with Crippen molar-refractivity contribution in [2.75, 3.05) is 0 Å². The lowest BCUT2D eigenvalue weighted by Gasteiger charge is -2.09. The molecular formula is C15H15NO4. The van der Waals surface area contributed by atoms with E-state index in [1.54, 1.807) is 31.2 Å². The fourth-order valence-electron chi connectivity index (χ4n) is 1.96. The number of hydrogen-bond acceptors (Lipinski definition) is 3. The molecule has 0 spiro atoms. The van der Waals surface area contributed by atoms with Crippen molar-refractivity contribution in [3.05, 3.63) is 59.0 Å². The maximum absolute atomic E-state index is 11.9. The third-order valence-corrected chi connectivity index (χ3v) is 3.00. The standard InChI is InChI=1S/C15H15NO4/c1-10-13(6-7-20-10)15(19)16-9-12-5-3-2-4-11(12)8-14(17)18/h2-7H,8-9H2,1H3,(H,16,19)(H,17,18). The highest BCUT2D eigenvalue weighted by atomic mass is 16.4. The summed E-state index contributed by atoms with van der Waals surface area (Å²) in [6, 6.07) is 8.76. The van der Waals surface area contributed by atoms with Crippen LogP contribution < -0.4 is 5.32 Å². The van der Waals surface area contributed by atoms with Crippen LogP contribution in [0.4, 0.5) is 0 Å². The highest BCUT2D eigenvalue weighted by Crippen LogP contribution is 2.11. The van der Waals surface area contributed by atoms with Crippen molar-refractivity contribution >= 4 is 11.9 Å². The van der Waals surface area contributed by atoms with Crippen LogP contribution in [-0.2, 0) is 17.8 Å². The molecule has 0 aliphatic rings. The molecule has 0 aliphatic heterocycles. The van der Waals surface area contributed by atoms with Gasteiger partial charge in [-0.15, -0.1) is 0 Å². The van der Waals surface area contributed by atoms with Crippen LogP contribution in [0.3, 0.4) is 0 Å². The summed E-state index contributed by atoms with van der Waals surface area (Å²) in [6.07, 6.45) is 1.40. The van der Waals surface area contributed by atoms with Crippen LogP contribution in [0.15, 0.2) is 41.0 Å². The van der Waals surface area contributed by atoms with Gasteiger partial charge in [-0.1, -0.05) is 24.3 Å². The average Bonchev–Trinajstić information content (AvgIpc) is 2.83. The van der Waals surface area contributed by atoms with Gasteiger partial charge >= 0.3 is 5.97 Å². The topological polar surface area (TPSA) is 79.5 Å². The Morgan fingerprint density at radius 3 is 2.50 bits per heavy atom. The van der Waals surface area contributed by atoms with Crippen LogP contribution in [0.1, 0.15) is 27.2 Å². The normalized spacial score (nSPS) is 10.2. The first-order chi connectivity index (χ1) is 9.58. The number of hydrogen-bond donors (Lipinski definition) is 2. The van der Waals surface area contributed by atoms with E-state index in [1.807, 2.05) is 6.07 Å². The number of furan rings is 1. The van der Waals surface area contributed by atoms with E-state index in [9.17, 15) is 9.59 Å². The number of carboxylic acids is 1. The Hall–Kier alpha value is -2.56. The third kappa shape index (κ3) is 3.26. The van der Waals surface area contributed by atoms with Crippen molar-refractivity contribution in [1.29, 1.82) is 0 Å². The Morgan fingerprint density at radius 1 is 1.20 bits per heavy atom. The van der Waals surface area contributed by atoms with Gasteiger partial charge < -0.3 is 14.8 Å². The van der Waals surface area contributed by atoms with Gasteiger partial charge in [-0.2, -0.15) is 0 Å². The molecule has 0 fully saturated rings. The number of amides is 1. The zero-order valence-electron chi connectivity index (χ0n) is 11.1. The van der Waals surface area contributed by atoms with Crippen molar-refractivity contribution in [2.24, 2.45) is 0 Å². The second-order valence-electron chi connectivity index (χ2n) is 4.41. The smallest absolute Gasteiger partial charge is 0.307 e. The molecule has 0 atom stereocenters. The lowest BCUT2D eigenvalue weighted by Crippen LogP contribution is -2.23. The Bertz CT molecular complexity index is 630. The zero-order chi connectivity index (χ0) is 14.5. The van der Waals surface area contributed by atoms with Gasteiger partial charge in [0.25, 0.3) is 5.91 Å². The van der Waals surface area contributed by atoms with Crippen molar-refractivity contribution in [1.82, 2.24) is 5.32 Å². The van der Waals surface area contributed by atoms with Gasteiger partial charge in [0.15, 0.2) is 0 Å².